The first kappa shape index (κ1) is 13.4. The van der Waals surface area contributed by atoms with Crippen LogP contribution < -0.4 is 5.32 Å². The molecule has 2 atom stereocenters. The third-order valence-electron chi connectivity index (χ3n) is 4.13. The van der Waals surface area contributed by atoms with Crippen LogP contribution in [0.4, 0.5) is 0 Å². The molecular formula is C13H17ClN2O2S. The van der Waals surface area contributed by atoms with Gasteiger partial charge in [-0.15, -0.1) is 0 Å². The van der Waals surface area contributed by atoms with Crippen LogP contribution in [-0.4, -0.2) is 38.4 Å². The summed E-state index contributed by atoms with van der Waals surface area (Å²) in [6.07, 6.45) is 0.941. The normalized spacial score (nSPS) is 27.7. The van der Waals surface area contributed by atoms with E-state index in [0.29, 0.717) is 22.4 Å². The number of sulfonamides is 1. The lowest BCUT2D eigenvalue weighted by Gasteiger charge is -2.23. The van der Waals surface area contributed by atoms with Gasteiger partial charge in [-0.05, 0) is 43.5 Å². The van der Waals surface area contributed by atoms with Gasteiger partial charge < -0.3 is 5.32 Å². The molecule has 0 bridgehead atoms. The van der Waals surface area contributed by atoms with E-state index >= 15 is 0 Å². The van der Waals surface area contributed by atoms with Crippen LogP contribution in [0, 0.1) is 12.8 Å². The minimum absolute atomic E-state index is 0.100. The molecule has 0 amide bonds. The third kappa shape index (κ3) is 2.18. The molecule has 2 fully saturated rings. The summed E-state index contributed by atoms with van der Waals surface area (Å²) < 4.78 is 27.2. The second kappa shape index (κ2) is 4.74. The summed E-state index contributed by atoms with van der Waals surface area (Å²) in [6.45, 7) is 4.10. The smallest absolute Gasteiger partial charge is 0.243 e. The first-order chi connectivity index (χ1) is 9.00. The number of fused-ring (bicyclic) bond motifs is 1. The molecule has 4 nitrogen and oxygen atoms in total. The molecule has 2 saturated heterocycles. The van der Waals surface area contributed by atoms with Gasteiger partial charge in [0.05, 0.1) is 4.90 Å². The molecule has 2 heterocycles. The summed E-state index contributed by atoms with van der Waals surface area (Å²) in [5.41, 5.74) is 0.749. The van der Waals surface area contributed by atoms with Gasteiger partial charge in [0.1, 0.15) is 0 Å². The van der Waals surface area contributed by atoms with Crippen LogP contribution in [0.2, 0.25) is 5.02 Å². The summed E-state index contributed by atoms with van der Waals surface area (Å²) in [5.74, 6) is 0.453. The van der Waals surface area contributed by atoms with Crippen LogP contribution in [0.15, 0.2) is 23.1 Å². The molecule has 0 unspecified atom stereocenters. The Morgan fingerprint density at radius 3 is 2.95 bits per heavy atom. The zero-order chi connectivity index (χ0) is 13.6. The predicted octanol–water partition coefficient (Wildman–Crippen LogP) is 1.63. The second-order valence-corrected chi connectivity index (χ2v) is 7.60. The third-order valence-corrected chi connectivity index (χ3v) is 6.43. The number of nitrogens with zero attached hydrogens (tertiary/aromatic N) is 1. The van der Waals surface area contributed by atoms with Crippen molar-refractivity contribution in [1.82, 2.24) is 9.62 Å². The molecule has 6 heteroatoms. The van der Waals surface area contributed by atoms with E-state index in [9.17, 15) is 8.42 Å². The summed E-state index contributed by atoms with van der Waals surface area (Å²) in [7, 11) is -3.44. The van der Waals surface area contributed by atoms with E-state index in [1.54, 1.807) is 22.5 Å². The van der Waals surface area contributed by atoms with Crippen molar-refractivity contribution in [3.05, 3.63) is 28.8 Å². The van der Waals surface area contributed by atoms with E-state index in [1.807, 2.05) is 6.92 Å². The summed E-state index contributed by atoms with van der Waals surface area (Å²) in [4.78, 5) is 0.340. The van der Waals surface area contributed by atoms with Crippen molar-refractivity contribution in [1.29, 1.82) is 0 Å². The second-order valence-electron chi connectivity index (χ2n) is 5.30. The lowest BCUT2D eigenvalue weighted by atomic mass is 10.1. The Morgan fingerprint density at radius 2 is 2.16 bits per heavy atom. The van der Waals surface area contributed by atoms with Crippen LogP contribution in [-0.2, 0) is 10.0 Å². The Labute approximate surface area is 118 Å². The molecular weight excluding hydrogens is 284 g/mol. The van der Waals surface area contributed by atoms with Crippen LogP contribution in [0.5, 0.6) is 0 Å². The zero-order valence-corrected chi connectivity index (χ0v) is 12.3. The first-order valence-electron chi connectivity index (χ1n) is 6.49. The first-order valence-corrected chi connectivity index (χ1v) is 8.30. The molecule has 0 saturated carbocycles. The standard InChI is InChI=1S/C13H17ClN2O2S/c1-9-2-3-11(14)6-13(9)19(17,18)16-5-4-10-7-15-8-12(10)16/h2-3,6,10,12,15H,4-5,7-8H2,1H3/t10-,12+/m0/s1. The lowest BCUT2D eigenvalue weighted by Crippen LogP contribution is -2.39. The largest absolute Gasteiger partial charge is 0.315 e. The van der Waals surface area contributed by atoms with Gasteiger partial charge >= 0.3 is 0 Å². The topological polar surface area (TPSA) is 49.4 Å². The number of rotatable bonds is 2. The van der Waals surface area contributed by atoms with Gasteiger partial charge in [-0.2, -0.15) is 4.31 Å². The number of nitrogens with one attached hydrogen (secondary N) is 1. The summed E-state index contributed by atoms with van der Waals surface area (Å²) >= 11 is 5.95. The summed E-state index contributed by atoms with van der Waals surface area (Å²) in [6, 6.07) is 5.14. The molecule has 1 N–H and O–H groups in total. The highest BCUT2D eigenvalue weighted by molar-refractivity contribution is 7.89. The average molecular weight is 301 g/mol. The Morgan fingerprint density at radius 1 is 1.37 bits per heavy atom. The number of hydrogen-bond acceptors (Lipinski definition) is 3. The van der Waals surface area contributed by atoms with Crippen molar-refractivity contribution in [3.63, 3.8) is 0 Å². The quantitative estimate of drug-likeness (QED) is 0.903. The van der Waals surface area contributed by atoms with E-state index in [-0.39, 0.29) is 6.04 Å². The van der Waals surface area contributed by atoms with Gasteiger partial charge in [-0.1, -0.05) is 17.7 Å². The molecule has 2 aliphatic rings. The molecule has 1 aromatic carbocycles. The van der Waals surface area contributed by atoms with Gasteiger partial charge in [-0.3, -0.25) is 0 Å². The fourth-order valence-corrected chi connectivity index (χ4v) is 5.28. The highest BCUT2D eigenvalue weighted by Gasteiger charge is 2.44. The molecule has 0 aliphatic carbocycles. The average Bonchev–Trinajstić information content (AvgIpc) is 2.93. The van der Waals surface area contributed by atoms with Crippen LogP contribution in [0.1, 0.15) is 12.0 Å². The Balaban J connectivity index is 2.01. The van der Waals surface area contributed by atoms with Gasteiger partial charge in [0.15, 0.2) is 0 Å². The van der Waals surface area contributed by atoms with Crippen molar-refractivity contribution in [2.45, 2.75) is 24.3 Å². The van der Waals surface area contributed by atoms with E-state index in [2.05, 4.69) is 5.32 Å². The molecule has 104 valence electrons. The molecule has 2 aliphatic heterocycles. The van der Waals surface area contributed by atoms with Crippen molar-refractivity contribution in [3.8, 4) is 0 Å². The molecule has 0 aromatic heterocycles. The number of hydrogen-bond donors (Lipinski definition) is 1. The van der Waals surface area contributed by atoms with E-state index in [4.69, 9.17) is 11.6 Å². The molecule has 19 heavy (non-hydrogen) atoms. The highest BCUT2D eigenvalue weighted by atomic mass is 35.5. The lowest BCUT2D eigenvalue weighted by molar-refractivity contribution is 0.382. The van der Waals surface area contributed by atoms with Crippen LogP contribution in [0.3, 0.4) is 0 Å². The monoisotopic (exact) mass is 300 g/mol. The van der Waals surface area contributed by atoms with Crippen molar-refractivity contribution in [2.75, 3.05) is 19.6 Å². The minimum Gasteiger partial charge on any atom is -0.315 e. The Bertz CT molecular complexity index is 603. The molecule has 0 radical (unpaired) electrons. The number of aryl methyl sites for hydroxylation is 1. The van der Waals surface area contributed by atoms with Gasteiger partial charge in [0, 0.05) is 24.2 Å². The van der Waals surface area contributed by atoms with E-state index in [1.165, 1.54) is 0 Å². The number of halogens is 1. The molecule has 0 spiro atoms. The highest BCUT2D eigenvalue weighted by Crippen LogP contribution is 2.33. The van der Waals surface area contributed by atoms with E-state index in [0.717, 1.165) is 25.1 Å². The van der Waals surface area contributed by atoms with Gasteiger partial charge in [-0.25, -0.2) is 8.42 Å². The van der Waals surface area contributed by atoms with Crippen molar-refractivity contribution < 1.29 is 8.42 Å². The minimum atomic E-state index is -3.44. The fraction of sp³-hybridized carbons (Fsp3) is 0.538. The predicted molar refractivity (Wildman–Crippen MR) is 74.8 cm³/mol. The van der Waals surface area contributed by atoms with Crippen LogP contribution >= 0.6 is 11.6 Å². The van der Waals surface area contributed by atoms with Crippen LogP contribution in [0.25, 0.3) is 0 Å². The fourth-order valence-electron chi connectivity index (χ4n) is 3.09. The SMILES string of the molecule is Cc1ccc(Cl)cc1S(=O)(=O)N1CC[C@H]2CNC[C@H]21. The maximum Gasteiger partial charge on any atom is 0.243 e. The van der Waals surface area contributed by atoms with Crippen molar-refractivity contribution >= 4 is 21.6 Å². The maximum atomic E-state index is 12.8. The Hall–Kier alpha value is -0.620. The summed E-state index contributed by atoms with van der Waals surface area (Å²) in [5, 5.41) is 3.73. The zero-order valence-electron chi connectivity index (χ0n) is 10.8. The van der Waals surface area contributed by atoms with Gasteiger partial charge in [0.2, 0.25) is 10.0 Å². The Kier molecular flexibility index (Phi) is 3.33. The molecule has 1 aromatic rings. The van der Waals surface area contributed by atoms with Crippen molar-refractivity contribution in [2.24, 2.45) is 5.92 Å². The maximum absolute atomic E-state index is 12.8. The number of benzene rings is 1. The molecule has 3 rings (SSSR count). The van der Waals surface area contributed by atoms with Gasteiger partial charge in [0.25, 0.3) is 0 Å². The van der Waals surface area contributed by atoms with E-state index < -0.39 is 10.0 Å².